The first kappa shape index (κ1) is 14.9. The number of pyridine rings is 1. The van der Waals surface area contributed by atoms with Crippen molar-refractivity contribution >= 4 is 5.69 Å². The van der Waals surface area contributed by atoms with Gasteiger partial charge in [0.15, 0.2) is 0 Å². The van der Waals surface area contributed by atoms with Crippen LogP contribution in [0.2, 0.25) is 0 Å². The van der Waals surface area contributed by atoms with Gasteiger partial charge in [-0.05, 0) is 43.5 Å². The molecule has 0 unspecified atom stereocenters. The second kappa shape index (κ2) is 5.88. The molecule has 0 spiro atoms. The summed E-state index contributed by atoms with van der Waals surface area (Å²) in [5, 5.41) is 11.2. The van der Waals surface area contributed by atoms with Gasteiger partial charge < -0.3 is 10.5 Å². The minimum Gasteiger partial charge on any atom is -0.432 e. The third-order valence-corrected chi connectivity index (χ3v) is 3.09. The number of hydrogen-bond donors (Lipinski definition) is 1. The van der Waals surface area contributed by atoms with Gasteiger partial charge in [-0.15, -0.1) is 0 Å². The molecule has 0 aliphatic heterocycles. The summed E-state index contributed by atoms with van der Waals surface area (Å²) >= 11 is 0. The highest BCUT2D eigenvalue weighted by Gasteiger charge is 2.19. The van der Waals surface area contributed by atoms with E-state index in [-0.39, 0.29) is 17.5 Å². The molecule has 1 aromatic carbocycles. The number of aromatic nitrogens is 1. The largest absolute Gasteiger partial charge is 0.432 e. The molecule has 0 saturated heterocycles. The minimum absolute atomic E-state index is 0.0690. The highest BCUT2D eigenvalue weighted by Crippen LogP contribution is 2.35. The summed E-state index contributed by atoms with van der Waals surface area (Å²) in [6, 6.07) is 6.63. The zero-order valence-corrected chi connectivity index (χ0v) is 12.2. The third-order valence-electron chi connectivity index (χ3n) is 3.09. The maximum Gasteiger partial charge on any atom is 0.312 e. The average molecular weight is 287 g/mol. The van der Waals surface area contributed by atoms with E-state index in [0.29, 0.717) is 11.4 Å². The summed E-state index contributed by atoms with van der Waals surface area (Å²) < 4.78 is 5.64. The van der Waals surface area contributed by atoms with Gasteiger partial charge in [0.05, 0.1) is 4.92 Å². The van der Waals surface area contributed by atoms with Gasteiger partial charge >= 0.3 is 5.69 Å². The maximum absolute atomic E-state index is 11.2. The lowest BCUT2D eigenvalue weighted by Gasteiger charge is -2.11. The number of nitrogens with zero attached hydrogens (tertiary/aromatic N) is 2. The zero-order chi connectivity index (χ0) is 15.6. The highest BCUT2D eigenvalue weighted by atomic mass is 16.6. The van der Waals surface area contributed by atoms with E-state index in [9.17, 15) is 10.1 Å². The van der Waals surface area contributed by atoms with Gasteiger partial charge in [0, 0.05) is 24.4 Å². The summed E-state index contributed by atoms with van der Waals surface area (Å²) in [6.07, 6.45) is 1.57. The van der Waals surface area contributed by atoms with Crippen molar-refractivity contribution in [2.45, 2.75) is 26.8 Å². The Morgan fingerprint density at radius 1 is 1.33 bits per heavy atom. The Balaban J connectivity index is 2.44. The van der Waals surface area contributed by atoms with Gasteiger partial charge in [0.25, 0.3) is 0 Å². The van der Waals surface area contributed by atoms with Crippen LogP contribution in [0.4, 0.5) is 5.69 Å². The van der Waals surface area contributed by atoms with E-state index in [1.807, 2.05) is 13.0 Å². The van der Waals surface area contributed by atoms with Crippen LogP contribution in [0.15, 0.2) is 30.5 Å². The molecule has 6 nitrogen and oxygen atoms in total. The topological polar surface area (TPSA) is 91.3 Å². The van der Waals surface area contributed by atoms with E-state index in [1.165, 1.54) is 6.07 Å². The van der Waals surface area contributed by atoms with E-state index < -0.39 is 4.92 Å². The van der Waals surface area contributed by atoms with Crippen LogP contribution in [0.25, 0.3) is 0 Å². The summed E-state index contributed by atoms with van der Waals surface area (Å²) in [5.74, 6) is 0.500. The molecule has 110 valence electrons. The number of benzene rings is 1. The Morgan fingerprint density at radius 3 is 2.67 bits per heavy atom. The lowest BCUT2D eigenvalue weighted by Crippen LogP contribution is -2.05. The quantitative estimate of drug-likeness (QED) is 0.687. The standard InChI is InChI=1S/C15H17N3O3/c1-9-6-10(2)15(13(7-9)18(19)20)21-14-8-12(11(3)16)4-5-17-14/h4-8,11H,16H2,1-3H3/t11-/m0/s1. The Hall–Kier alpha value is -2.47. The molecule has 0 saturated carbocycles. The van der Waals surface area contributed by atoms with Crippen molar-refractivity contribution in [3.63, 3.8) is 0 Å². The third kappa shape index (κ3) is 3.35. The molecule has 2 aromatic rings. The molecule has 1 atom stereocenters. The van der Waals surface area contributed by atoms with Gasteiger partial charge in [0.2, 0.25) is 11.6 Å². The van der Waals surface area contributed by atoms with E-state index >= 15 is 0 Å². The number of nitro benzene ring substituents is 1. The number of rotatable bonds is 4. The average Bonchev–Trinajstić information content (AvgIpc) is 2.41. The molecule has 0 radical (unpaired) electrons. The lowest BCUT2D eigenvalue weighted by molar-refractivity contribution is -0.385. The first-order valence-corrected chi connectivity index (χ1v) is 6.53. The van der Waals surface area contributed by atoms with Crippen molar-refractivity contribution in [2.24, 2.45) is 5.73 Å². The van der Waals surface area contributed by atoms with E-state index in [2.05, 4.69) is 4.98 Å². The molecule has 1 aromatic heterocycles. The van der Waals surface area contributed by atoms with Gasteiger partial charge in [0.1, 0.15) is 0 Å². The second-order valence-electron chi connectivity index (χ2n) is 5.01. The van der Waals surface area contributed by atoms with Crippen LogP contribution in [0, 0.1) is 24.0 Å². The first-order chi connectivity index (χ1) is 9.88. The van der Waals surface area contributed by atoms with Crippen LogP contribution in [0.3, 0.4) is 0 Å². The van der Waals surface area contributed by atoms with Crippen molar-refractivity contribution in [2.75, 3.05) is 0 Å². The summed E-state index contributed by atoms with van der Waals surface area (Å²) in [7, 11) is 0. The maximum atomic E-state index is 11.2. The lowest BCUT2D eigenvalue weighted by atomic mass is 10.1. The predicted molar refractivity (Wildman–Crippen MR) is 79.5 cm³/mol. The summed E-state index contributed by atoms with van der Waals surface area (Å²) in [6.45, 7) is 5.42. The SMILES string of the molecule is Cc1cc(C)c(Oc2cc([C@H](C)N)ccn2)c([N+](=O)[O-])c1. The second-order valence-corrected chi connectivity index (χ2v) is 5.01. The summed E-state index contributed by atoms with van der Waals surface area (Å²) in [4.78, 5) is 14.8. The van der Waals surface area contributed by atoms with Crippen LogP contribution < -0.4 is 10.5 Å². The first-order valence-electron chi connectivity index (χ1n) is 6.53. The molecular weight excluding hydrogens is 270 g/mol. The van der Waals surface area contributed by atoms with Crippen molar-refractivity contribution in [3.05, 3.63) is 57.3 Å². The number of ether oxygens (including phenoxy) is 1. The van der Waals surface area contributed by atoms with Gasteiger partial charge in [-0.3, -0.25) is 10.1 Å². The van der Waals surface area contributed by atoms with Gasteiger partial charge in [-0.25, -0.2) is 4.98 Å². The smallest absolute Gasteiger partial charge is 0.312 e. The van der Waals surface area contributed by atoms with E-state index in [0.717, 1.165) is 11.1 Å². The number of nitrogens with two attached hydrogens (primary N) is 1. The highest BCUT2D eigenvalue weighted by molar-refractivity contribution is 5.54. The Morgan fingerprint density at radius 2 is 2.05 bits per heavy atom. The Kier molecular flexibility index (Phi) is 4.18. The molecule has 0 amide bonds. The summed E-state index contributed by atoms with van der Waals surface area (Å²) in [5.41, 5.74) is 8.10. The van der Waals surface area contributed by atoms with Crippen LogP contribution in [-0.4, -0.2) is 9.91 Å². The van der Waals surface area contributed by atoms with Crippen molar-refractivity contribution < 1.29 is 9.66 Å². The fraction of sp³-hybridized carbons (Fsp3) is 0.267. The molecular formula is C15H17N3O3. The van der Waals surface area contributed by atoms with Crippen LogP contribution in [0.5, 0.6) is 11.6 Å². The fourth-order valence-corrected chi connectivity index (χ4v) is 2.07. The minimum atomic E-state index is -0.454. The van der Waals surface area contributed by atoms with Gasteiger partial charge in [-0.1, -0.05) is 6.07 Å². The molecule has 1 heterocycles. The van der Waals surface area contributed by atoms with E-state index in [1.54, 1.807) is 32.2 Å². The van der Waals surface area contributed by atoms with Crippen molar-refractivity contribution in [1.29, 1.82) is 0 Å². The Labute approximate surface area is 122 Å². The molecule has 2 rings (SSSR count). The normalized spacial score (nSPS) is 12.0. The fourth-order valence-electron chi connectivity index (χ4n) is 2.07. The molecule has 0 aliphatic rings. The molecule has 6 heteroatoms. The van der Waals surface area contributed by atoms with Crippen molar-refractivity contribution in [3.8, 4) is 11.6 Å². The van der Waals surface area contributed by atoms with Crippen LogP contribution in [-0.2, 0) is 0 Å². The monoisotopic (exact) mass is 287 g/mol. The Bertz CT molecular complexity index is 684. The van der Waals surface area contributed by atoms with Crippen LogP contribution in [0.1, 0.15) is 29.7 Å². The molecule has 0 fully saturated rings. The molecule has 21 heavy (non-hydrogen) atoms. The van der Waals surface area contributed by atoms with E-state index in [4.69, 9.17) is 10.5 Å². The zero-order valence-electron chi connectivity index (χ0n) is 12.2. The number of aryl methyl sites for hydroxylation is 2. The van der Waals surface area contributed by atoms with Gasteiger partial charge in [-0.2, -0.15) is 0 Å². The van der Waals surface area contributed by atoms with Crippen LogP contribution >= 0.6 is 0 Å². The predicted octanol–water partition coefficient (Wildman–Crippen LogP) is 3.42. The molecule has 0 aliphatic carbocycles. The van der Waals surface area contributed by atoms with Crippen molar-refractivity contribution in [1.82, 2.24) is 4.98 Å². The molecule has 0 bridgehead atoms. The number of nitro groups is 1. The number of hydrogen-bond acceptors (Lipinski definition) is 5. The molecule has 2 N–H and O–H groups in total.